The van der Waals surface area contributed by atoms with E-state index in [1.54, 1.807) is 0 Å². The number of carbonyl (C=O) groups is 1. The smallest absolute Gasteiger partial charge is 0.307 e. The number of hydrogen-bond acceptors (Lipinski definition) is 3. The number of rotatable bonds is 3. The van der Waals surface area contributed by atoms with Crippen LogP contribution in [0.5, 0.6) is 0 Å². The molecule has 0 bridgehead atoms. The fraction of sp³-hybridized carbons (Fsp3) is 0.111. The van der Waals surface area contributed by atoms with Crippen molar-refractivity contribution in [2.75, 3.05) is 0 Å². The lowest BCUT2D eigenvalue weighted by Crippen LogP contribution is -2.00. The number of aliphatic carboxylic acids is 1. The highest BCUT2D eigenvalue weighted by atomic mass is 35.5. The Hall–Kier alpha value is -1.64. The summed E-state index contributed by atoms with van der Waals surface area (Å²) >= 11 is 5.76. The molecule has 0 saturated carbocycles. The summed E-state index contributed by atoms with van der Waals surface area (Å²) in [5.74, 6) is -0.960. The van der Waals surface area contributed by atoms with Crippen LogP contribution in [-0.4, -0.2) is 17.2 Å². The quantitative estimate of drug-likeness (QED) is 0.614. The van der Waals surface area contributed by atoms with Crippen molar-refractivity contribution in [2.24, 2.45) is 4.99 Å². The molecule has 0 radical (unpaired) electrons. The van der Waals surface area contributed by atoms with Crippen molar-refractivity contribution in [3.63, 3.8) is 0 Å². The van der Waals surface area contributed by atoms with E-state index in [-0.39, 0.29) is 11.4 Å². The number of hydrogen-bond donors (Lipinski definition) is 1. The lowest BCUT2D eigenvalue weighted by Gasteiger charge is -2.00. The molecular weight excluding hydrogens is 206 g/mol. The summed E-state index contributed by atoms with van der Waals surface area (Å²) in [7, 11) is 0. The van der Waals surface area contributed by atoms with E-state index in [1.807, 2.05) is 0 Å². The Bertz CT molecular complexity index is 411. The van der Waals surface area contributed by atoms with E-state index in [0.29, 0.717) is 11.3 Å². The summed E-state index contributed by atoms with van der Waals surface area (Å²) in [5, 5.41) is 8.80. The maximum Gasteiger partial charge on any atom is 0.307 e. The molecule has 4 nitrogen and oxygen atoms in total. The van der Waals surface area contributed by atoms with Gasteiger partial charge in [0.05, 0.1) is 12.1 Å². The molecule has 0 unspecified atom stereocenters. The number of benzene rings is 1. The van der Waals surface area contributed by atoms with Crippen LogP contribution < -0.4 is 0 Å². The van der Waals surface area contributed by atoms with Gasteiger partial charge in [-0.15, -0.1) is 0 Å². The zero-order valence-corrected chi connectivity index (χ0v) is 7.78. The van der Waals surface area contributed by atoms with Gasteiger partial charge in [0, 0.05) is 5.02 Å². The summed E-state index contributed by atoms with van der Waals surface area (Å²) < 4.78 is 0. The number of aliphatic imine (C=N–C) groups is 1. The van der Waals surface area contributed by atoms with Gasteiger partial charge in [0.1, 0.15) is 0 Å². The van der Waals surface area contributed by atoms with Crippen molar-refractivity contribution < 1.29 is 14.7 Å². The molecule has 0 aliphatic rings. The molecule has 0 atom stereocenters. The minimum Gasteiger partial charge on any atom is -0.481 e. The molecule has 72 valence electrons. The largest absolute Gasteiger partial charge is 0.481 e. The topological polar surface area (TPSA) is 66.7 Å². The predicted molar refractivity (Wildman–Crippen MR) is 50.6 cm³/mol. The monoisotopic (exact) mass is 211 g/mol. The third-order valence-corrected chi connectivity index (χ3v) is 1.90. The average Bonchev–Trinajstić information content (AvgIpc) is 2.10. The maximum atomic E-state index is 10.4. The molecular formula is C9H6ClNO3. The number of carbonyl (C=O) groups excluding carboxylic acids is 1. The molecule has 5 heteroatoms. The lowest BCUT2D eigenvalue weighted by molar-refractivity contribution is -0.136. The van der Waals surface area contributed by atoms with Crippen LogP contribution in [-0.2, 0) is 16.0 Å². The average molecular weight is 212 g/mol. The van der Waals surface area contributed by atoms with Gasteiger partial charge in [-0.3, -0.25) is 4.79 Å². The fourth-order valence-electron chi connectivity index (χ4n) is 0.965. The van der Waals surface area contributed by atoms with Gasteiger partial charge < -0.3 is 5.11 Å². The van der Waals surface area contributed by atoms with Gasteiger partial charge in [-0.25, -0.2) is 4.79 Å². The highest BCUT2D eigenvalue weighted by molar-refractivity contribution is 6.31. The maximum absolute atomic E-state index is 10.4. The summed E-state index contributed by atoms with van der Waals surface area (Å²) in [4.78, 5) is 23.7. The molecule has 0 saturated heterocycles. The van der Waals surface area contributed by atoms with Crippen molar-refractivity contribution in [1.82, 2.24) is 0 Å². The number of nitrogens with zero attached hydrogens (tertiary/aromatic N) is 1. The molecule has 1 N–H and O–H groups in total. The molecule has 0 spiro atoms. The zero-order chi connectivity index (χ0) is 10.6. The van der Waals surface area contributed by atoms with Gasteiger partial charge in [-0.05, 0) is 17.7 Å². The van der Waals surface area contributed by atoms with Crippen molar-refractivity contribution in [3.8, 4) is 0 Å². The third kappa shape index (κ3) is 2.69. The minimum atomic E-state index is -0.960. The zero-order valence-electron chi connectivity index (χ0n) is 7.03. The van der Waals surface area contributed by atoms with Gasteiger partial charge >= 0.3 is 5.97 Å². The van der Waals surface area contributed by atoms with E-state index in [9.17, 15) is 9.59 Å². The van der Waals surface area contributed by atoms with Crippen LogP contribution in [0.25, 0.3) is 0 Å². The molecule has 1 aromatic carbocycles. The standard InChI is InChI=1S/C9H6ClNO3/c10-8-4-7(11-5-12)2-1-6(8)3-9(13)14/h1-2,4H,3H2,(H,13,14). The van der Waals surface area contributed by atoms with Gasteiger partial charge in [0.25, 0.3) is 0 Å². The molecule has 1 aromatic rings. The van der Waals surface area contributed by atoms with Gasteiger partial charge in [0.15, 0.2) is 0 Å². The van der Waals surface area contributed by atoms with Crippen LogP contribution in [0.15, 0.2) is 23.2 Å². The number of isocyanates is 1. The predicted octanol–water partition coefficient (Wildman–Crippen LogP) is 1.93. The summed E-state index contributed by atoms with van der Waals surface area (Å²) in [6.45, 7) is 0. The van der Waals surface area contributed by atoms with Crippen LogP contribution in [0.2, 0.25) is 5.02 Å². The molecule has 14 heavy (non-hydrogen) atoms. The molecule has 0 aliphatic heterocycles. The number of carboxylic acids is 1. The Morgan fingerprint density at radius 1 is 1.57 bits per heavy atom. The highest BCUT2D eigenvalue weighted by Crippen LogP contribution is 2.22. The van der Waals surface area contributed by atoms with E-state index in [1.165, 1.54) is 24.3 Å². The van der Waals surface area contributed by atoms with Crippen molar-refractivity contribution in [3.05, 3.63) is 28.8 Å². The molecule has 0 heterocycles. The van der Waals surface area contributed by atoms with Crippen LogP contribution in [0.3, 0.4) is 0 Å². The highest BCUT2D eigenvalue weighted by Gasteiger charge is 2.05. The van der Waals surface area contributed by atoms with Crippen molar-refractivity contribution in [2.45, 2.75) is 6.42 Å². The van der Waals surface area contributed by atoms with Crippen LogP contribution in [0.1, 0.15) is 5.56 Å². The molecule has 0 aromatic heterocycles. The number of carboxylic acid groups (broad SMARTS) is 1. The van der Waals surface area contributed by atoms with E-state index in [0.717, 1.165) is 0 Å². The van der Waals surface area contributed by atoms with Crippen LogP contribution in [0.4, 0.5) is 5.69 Å². The summed E-state index contributed by atoms with van der Waals surface area (Å²) in [5.41, 5.74) is 0.850. The molecule has 0 fully saturated rings. The Labute approximate surface area is 84.8 Å². The van der Waals surface area contributed by atoms with Crippen LogP contribution >= 0.6 is 11.6 Å². The van der Waals surface area contributed by atoms with Crippen molar-refractivity contribution >= 4 is 29.3 Å². The van der Waals surface area contributed by atoms with Crippen LogP contribution in [0, 0.1) is 0 Å². The molecule has 0 aliphatic carbocycles. The third-order valence-electron chi connectivity index (χ3n) is 1.55. The van der Waals surface area contributed by atoms with E-state index in [2.05, 4.69) is 4.99 Å². The van der Waals surface area contributed by atoms with Gasteiger partial charge in [-0.2, -0.15) is 4.99 Å². The second-order valence-corrected chi connectivity index (χ2v) is 2.96. The Morgan fingerprint density at radius 2 is 2.29 bits per heavy atom. The van der Waals surface area contributed by atoms with Crippen molar-refractivity contribution in [1.29, 1.82) is 0 Å². The van der Waals surface area contributed by atoms with Gasteiger partial charge in [0.2, 0.25) is 6.08 Å². The first-order valence-corrected chi connectivity index (χ1v) is 4.09. The molecule has 1 rings (SSSR count). The van der Waals surface area contributed by atoms with Gasteiger partial charge in [-0.1, -0.05) is 17.7 Å². The molecule has 0 amide bonds. The first kappa shape index (κ1) is 10.4. The fourth-order valence-corrected chi connectivity index (χ4v) is 1.21. The van der Waals surface area contributed by atoms with E-state index < -0.39 is 5.97 Å². The first-order chi connectivity index (χ1) is 6.63. The number of halogens is 1. The summed E-state index contributed by atoms with van der Waals surface area (Å²) in [6.07, 6.45) is 1.22. The Morgan fingerprint density at radius 3 is 2.79 bits per heavy atom. The second kappa shape index (κ2) is 4.56. The Kier molecular flexibility index (Phi) is 3.40. The summed E-state index contributed by atoms with van der Waals surface area (Å²) in [6, 6.07) is 4.45. The Balaban J connectivity index is 3.00. The SMILES string of the molecule is O=C=Nc1ccc(CC(=O)O)c(Cl)c1. The first-order valence-electron chi connectivity index (χ1n) is 3.71. The second-order valence-electron chi connectivity index (χ2n) is 2.55. The minimum absolute atomic E-state index is 0.149. The van der Waals surface area contributed by atoms with E-state index in [4.69, 9.17) is 16.7 Å². The van der Waals surface area contributed by atoms with E-state index >= 15 is 0 Å². The normalized spacial score (nSPS) is 9.21. The lowest BCUT2D eigenvalue weighted by atomic mass is 10.1.